The fraction of sp³-hybridized carbons (Fsp3) is 0.533. The summed E-state index contributed by atoms with van der Waals surface area (Å²) in [6.45, 7) is 4.71. The average molecular weight is 299 g/mol. The molecule has 2 N–H and O–H groups in total. The van der Waals surface area contributed by atoms with Crippen molar-refractivity contribution < 1.29 is 9.53 Å². The van der Waals surface area contributed by atoms with Gasteiger partial charge in [0.25, 0.3) is 5.91 Å². The molecule has 0 aliphatic rings. The molecule has 0 saturated carbocycles. The molecule has 0 saturated heterocycles. The highest BCUT2D eigenvalue weighted by atomic mass is 35.5. The minimum Gasteiger partial charge on any atom is -0.483 e. The van der Waals surface area contributed by atoms with Crippen LogP contribution in [0.1, 0.15) is 32.3 Å². The van der Waals surface area contributed by atoms with E-state index in [2.05, 4.69) is 24.5 Å². The third-order valence-electron chi connectivity index (χ3n) is 3.14. The Morgan fingerprint density at radius 1 is 1.35 bits per heavy atom. The summed E-state index contributed by atoms with van der Waals surface area (Å²) in [7, 11) is 1.84. The summed E-state index contributed by atoms with van der Waals surface area (Å²) in [4.78, 5) is 11.8. The van der Waals surface area contributed by atoms with E-state index in [1.165, 1.54) is 0 Å². The van der Waals surface area contributed by atoms with Crippen LogP contribution in [0.5, 0.6) is 5.75 Å². The van der Waals surface area contributed by atoms with Crippen molar-refractivity contribution in [2.75, 3.05) is 13.7 Å². The second-order valence-corrected chi connectivity index (χ2v) is 5.02. The number of ether oxygens (including phenoxy) is 1. The number of hydrogen-bond donors (Lipinski definition) is 2. The first-order valence-corrected chi connectivity index (χ1v) is 7.34. The van der Waals surface area contributed by atoms with Crippen LogP contribution in [-0.2, 0) is 11.3 Å². The molecule has 1 aromatic rings. The molecule has 0 bridgehead atoms. The van der Waals surface area contributed by atoms with Gasteiger partial charge in [-0.2, -0.15) is 0 Å². The summed E-state index contributed by atoms with van der Waals surface area (Å²) in [5.41, 5.74) is 0.868. The van der Waals surface area contributed by atoms with E-state index in [1.54, 1.807) is 0 Å². The van der Waals surface area contributed by atoms with E-state index in [0.717, 1.165) is 18.4 Å². The first kappa shape index (κ1) is 16.8. The predicted molar refractivity (Wildman–Crippen MR) is 82.2 cm³/mol. The summed E-state index contributed by atoms with van der Waals surface area (Å²) in [5.74, 6) is 0.542. The SMILES string of the molecule is CCC(CC)NC(=O)COc1cccc(Cl)c1CNC. The molecule has 0 aliphatic carbocycles. The summed E-state index contributed by atoms with van der Waals surface area (Å²) >= 11 is 6.13. The predicted octanol–water partition coefficient (Wildman–Crippen LogP) is 2.74. The van der Waals surface area contributed by atoms with Crippen LogP contribution in [0.3, 0.4) is 0 Å². The summed E-state index contributed by atoms with van der Waals surface area (Å²) in [5, 5.41) is 6.61. The molecule has 0 unspecified atom stereocenters. The summed E-state index contributed by atoms with van der Waals surface area (Å²) in [6, 6.07) is 5.66. The van der Waals surface area contributed by atoms with Crippen molar-refractivity contribution in [1.82, 2.24) is 10.6 Å². The smallest absolute Gasteiger partial charge is 0.258 e. The Bertz CT molecular complexity index is 434. The van der Waals surface area contributed by atoms with Gasteiger partial charge in [-0.25, -0.2) is 0 Å². The van der Waals surface area contributed by atoms with E-state index in [4.69, 9.17) is 16.3 Å². The van der Waals surface area contributed by atoms with E-state index in [0.29, 0.717) is 17.3 Å². The molecule has 112 valence electrons. The lowest BCUT2D eigenvalue weighted by Gasteiger charge is -2.16. The maximum atomic E-state index is 11.8. The normalized spacial score (nSPS) is 10.7. The zero-order chi connectivity index (χ0) is 15.0. The van der Waals surface area contributed by atoms with Crippen molar-refractivity contribution in [1.29, 1.82) is 0 Å². The third-order valence-corrected chi connectivity index (χ3v) is 3.49. The minimum absolute atomic E-state index is 0.00750. The van der Waals surface area contributed by atoms with E-state index >= 15 is 0 Å². The van der Waals surface area contributed by atoms with E-state index in [-0.39, 0.29) is 18.6 Å². The van der Waals surface area contributed by atoms with Gasteiger partial charge in [0, 0.05) is 23.2 Å². The van der Waals surface area contributed by atoms with Crippen LogP contribution < -0.4 is 15.4 Å². The van der Waals surface area contributed by atoms with Gasteiger partial charge in [-0.3, -0.25) is 4.79 Å². The van der Waals surface area contributed by atoms with Crippen LogP contribution in [0, 0.1) is 0 Å². The van der Waals surface area contributed by atoms with Crippen molar-refractivity contribution in [3.05, 3.63) is 28.8 Å². The second-order valence-electron chi connectivity index (χ2n) is 4.62. The van der Waals surface area contributed by atoms with Crippen LogP contribution in [0.2, 0.25) is 5.02 Å². The number of hydrogen-bond acceptors (Lipinski definition) is 3. The molecule has 0 radical (unpaired) electrons. The zero-order valence-corrected chi connectivity index (χ0v) is 13.1. The molecule has 0 fully saturated rings. The van der Waals surface area contributed by atoms with Crippen molar-refractivity contribution >= 4 is 17.5 Å². The third kappa shape index (κ3) is 5.02. The largest absolute Gasteiger partial charge is 0.483 e. The molecule has 1 aromatic carbocycles. The van der Waals surface area contributed by atoms with Crippen LogP contribution in [-0.4, -0.2) is 25.6 Å². The Morgan fingerprint density at radius 3 is 2.65 bits per heavy atom. The lowest BCUT2D eigenvalue weighted by molar-refractivity contribution is -0.123. The summed E-state index contributed by atoms with van der Waals surface area (Å²) in [6.07, 6.45) is 1.84. The number of rotatable bonds is 8. The average Bonchev–Trinajstić information content (AvgIpc) is 2.45. The van der Waals surface area contributed by atoms with Crippen molar-refractivity contribution in [2.45, 2.75) is 39.3 Å². The highest BCUT2D eigenvalue weighted by molar-refractivity contribution is 6.31. The van der Waals surface area contributed by atoms with Gasteiger partial charge < -0.3 is 15.4 Å². The quantitative estimate of drug-likeness (QED) is 0.776. The molecule has 0 spiro atoms. The monoisotopic (exact) mass is 298 g/mol. The number of carbonyl (C=O) groups is 1. The molecule has 1 rings (SSSR count). The maximum Gasteiger partial charge on any atom is 0.258 e. The highest BCUT2D eigenvalue weighted by Gasteiger charge is 2.11. The van der Waals surface area contributed by atoms with Crippen molar-refractivity contribution in [2.24, 2.45) is 0 Å². The number of carbonyl (C=O) groups excluding carboxylic acids is 1. The molecular formula is C15H23ClN2O2. The Labute approximate surface area is 125 Å². The molecule has 4 nitrogen and oxygen atoms in total. The topological polar surface area (TPSA) is 50.4 Å². The van der Waals surface area contributed by atoms with E-state index in [9.17, 15) is 4.79 Å². The molecule has 20 heavy (non-hydrogen) atoms. The lowest BCUT2D eigenvalue weighted by Crippen LogP contribution is -2.37. The number of nitrogens with one attached hydrogen (secondary N) is 2. The van der Waals surface area contributed by atoms with Crippen LogP contribution in [0.4, 0.5) is 0 Å². The van der Waals surface area contributed by atoms with Gasteiger partial charge in [0.2, 0.25) is 0 Å². The molecule has 0 atom stereocenters. The Balaban J connectivity index is 2.61. The van der Waals surface area contributed by atoms with E-state index in [1.807, 2.05) is 25.2 Å². The van der Waals surface area contributed by atoms with Gasteiger partial charge in [-0.1, -0.05) is 31.5 Å². The first-order chi connectivity index (χ1) is 9.62. The van der Waals surface area contributed by atoms with Crippen molar-refractivity contribution in [3.63, 3.8) is 0 Å². The van der Waals surface area contributed by atoms with Gasteiger partial charge in [0.15, 0.2) is 6.61 Å². The first-order valence-electron chi connectivity index (χ1n) is 6.96. The molecular weight excluding hydrogens is 276 g/mol. The van der Waals surface area contributed by atoms with Gasteiger partial charge in [-0.05, 0) is 32.0 Å². The number of amides is 1. The Morgan fingerprint density at radius 2 is 2.05 bits per heavy atom. The fourth-order valence-corrected chi connectivity index (χ4v) is 2.16. The van der Waals surface area contributed by atoms with Crippen LogP contribution in [0.25, 0.3) is 0 Å². The van der Waals surface area contributed by atoms with E-state index < -0.39 is 0 Å². The summed E-state index contributed by atoms with van der Waals surface area (Å²) < 4.78 is 5.59. The standard InChI is InChI=1S/C15H23ClN2O2/c1-4-11(5-2)18-15(19)10-20-14-8-6-7-13(16)12(14)9-17-3/h6-8,11,17H,4-5,9-10H2,1-3H3,(H,18,19). The molecule has 1 amide bonds. The lowest BCUT2D eigenvalue weighted by atomic mass is 10.2. The molecule has 0 aromatic heterocycles. The maximum absolute atomic E-state index is 11.8. The van der Waals surface area contributed by atoms with Gasteiger partial charge in [0.05, 0.1) is 0 Å². The number of halogens is 1. The zero-order valence-electron chi connectivity index (χ0n) is 12.3. The van der Waals surface area contributed by atoms with Gasteiger partial charge >= 0.3 is 0 Å². The highest BCUT2D eigenvalue weighted by Crippen LogP contribution is 2.26. The molecule has 0 heterocycles. The number of benzene rings is 1. The van der Waals surface area contributed by atoms with Gasteiger partial charge in [-0.15, -0.1) is 0 Å². The van der Waals surface area contributed by atoms with Crippen LogP contribution in [0.15, 0.2) is 18.2 Å². The van der Waals surface area contributed by atoms with Crippen molar-refractivity contribution in [3.8, 4) is 5.75 Å². The Hall–Kier alpha value is -1.26. The van der Waals surface area contributed by atoms with Crippen LogP contribution >= 0.6 is 11.6 Å². The fourth-order valence-electron chi connectivity index (χ4n) is 1.93. The molecule has 5 heteroatoms. The minimum atomic E-state index is -0.103. The Kier molecular flexibility index (Phi) is 7.41. The van der Waals surface area contributed by atoms with Gasteiger partial charge in [0.1, 0.15) is 5.75 Å². The molecule has 0 aliphatic heterocycles. The second kappa shape index (κ2) is 8.82.